The highest BCUT2D eigenvalue weighted by atomic mass is 32.2. The third-order valence-electron chi connectivity index (χ3n) is 4.64. The number of aliphatic imine (C=N–C) groups is 1. The molecule has 1 aliphatic rings. The summed E-state index contributed by atoms with van der Waals surface area (Å²) in [5.41, 5.74) is 1.05. The summed E-state index contributed by atoms with van der Waals surface area (Å²) in [5.74, 6) is 2.22. The zero-order chi connectivity index (χ0) is 19.5. The molecule has 0 radical (unpaired) electrons. The van der Waals surface area contributed by atoms with Gasteiger partial charge in [-0.05, 0) is 38.2 Å². The van der Waals surface area contributed by atoms with Gasteiger partial charge in [-0.2, -0.15) is 0 Å². The van der Waals surface area contributed by atoms with Crippen LogP contribution in [0.25, 0.3) is 0 Å². The minimum atomic E-state index is -0.712. The summed E-state index contributed by atoms with van der Waals surface area (Å²) in [5, 5.41) is 7.16. The van der Waals surface area contributed by atoms with Crippen molar-refractivity contribution in [3.63, 3.8) is 0 Å². The summed E-state index contributed by atoms with van der Waals surface area (Å²) < 4.78 is 17.7. The average molecular weight is 395 g/mol. The van der Waals surface area contributed by atoms with Gasteiger partial charge in [0.2, 0.25) is 5.88 Å². The smallest absolute Gasteiger partial charge is 0.213 e. The Labute approximate surface area is 166 Å². The molecule has 1 aliphatic carbocycles. The fraction of sp³-hybridized carbons (Fsp3) is 0.700. The lowest BCUT2D eigenvalue weighted by Gasteiger charge is -2.30. The lowest BCUT2D eigenvalue weighted by molar-refractivity contribution is 0.305. The molecule has 27 heavy (non-hydrogen) atoms. The molecule has 3 atom stereocenters. The van der Waals surface area contributed by atoms with Crippen molar-refractivity contribution in [1.82, 2.24) is 15.6 Å². The maximum absolute atomic E-state index is 12.1. The Kier molecular flexibility index (Phi) is 9.59. The SMILES string of the molecule is CCCOc1ccc(CN=C(NCC)NC2CCCC(S(=O)CC)C2)cn1. The van der Waals surface area contributed by atoms with E-state index in [-0.39, 0.29) is 0 Å². The maximum Gasteiger partial charge on any atom is 0.213 e. The topological polar surface area (TPSA) is 75.6 Å². The van der Waals surface area contributed by atoms with Crippen LogP contribution < -0.4 is 15.4 Å². The molecule has 0 spiro atoms. The van der Waals surface area contributed by atoms with Gasteiger partial charge in [-0.25, -0.2) is 9.98 Å². The van der Waals surface area contributed by atoms with E-state index in [2.05, 4.69) is 29.5 Å². The van der Waals surface area contributed by atoms with Gasteiger partial charge >= 0.3 is 0 Å². The predicted molar refractivity (Wildman–Crippen MR) is 113 cm³/mol. The van der Waals surface area contributed by atoms with E-state index in [1.807, 2.05) is 25.3 Å². The first kappa shape index (κ1) is 21.7. The number of aromatic nitrogens is 1. The lowest BCUT2D eigenvalue weighted by Crippen LogP contribution is -2.46. The monoisotopic (exact) mass is 394 g/mol. The molecule has 6 nitrogen and oxygen atoms in total. The van der Waals surface area contributed by atoms with Gasteiger partial charge in [0, 0.05) is 46.7 Å². The number of hydrogen-bond acceptors (Lipinski definition) is 4. The highest BCUT2D eigenvalue weighted by molar-refractivity contribution is 7.85. The maximum atomic E-state index is 12.1. The zero-order valence-corrected chi connectivity index (χ0v) is 17.7. The zero-order valence-electron chi connectivity index (χ0n) is 16.9. The van der Waals surface area contributed by atoms with Crippen molar-refractivity contribution in [2.45, 2.75) is 70.7 Å². The van der Waals surface area contributed by atoms with Crippen molar-refractivity contribution in [2.24, 2.45) is 4.99 Å². The molecule has 152 valence electrons. The Bertz CT molecular complexity index is 607. The van der Waals surface area contributed by atoms with Crippen LogP contribution in [0.15, 0.2) is 23.3 Å². The van der Waals surface area contributed by atoms with Crippen molar-refractivity contribution in [3.05, 3.63) is 23.9 Å². The summed E-state index contributed by atoms with van der Waals surface area (Å²) in [6, 6.07) is 4.23. The predicted octanol–water partition coefficient (Wildman–Crippen LogP) is 3.01. The molecule has 0 bridgehead atoms. The Morgan fingerprint density at radius 2 is 2.19 bits per heavy atom. The van der Waals surface area contributed by atoms with Crippen molar-refractivity contribution < 1.29 is 8.95 Å². The lowest BCUT2D eigenvalue weighted by atomic mass is 9.95. The number of pyridine rings is 1. The molecule has 0 amide bonds. The summed E-state index contributed by atoms with van der Waals surface area (Å²) in [6.07, 6.45) is 7.04. The number of ether oxygens (including phenoxy) is 1. The standard InChI is InChI=1S/C20H34N4O2S/c1-4-12-26-19-11-10-16(14-22-19)15-23-20(21-5-2)24-17-8-7-9-18(13-17)27(25)6-3/h10-11,14,17-18H,4-9,12-13,15H2,1-3H3,(H2,21,23,24). The van der Waals surface area contributed by atoms with Crippen LogP contribution >= 0.6 is 0 Å². The fourth-order valence-electron chi connectivity index (χ4n) is 3.23. The van der Waals surface area contributed by atoms with Crippen LogP contribution in [0.4, 0.5) is 0 Å². The van der Waals surface area contributed by atoms with E-state index in [4.69, 9.17) is 9.73 Å². The van der Waals surface area contributed by atoms with E-state index in [0.717, 1.165) is 55.9 Å². The molecule has 3 unspecified atom stereocenters. The molecule has 1 saturated carbocycles. The van der Waals surface area contributed by atoms with Crippen LogP contribution in [0.5, 0.6) is 5.88 Å². The molecule has 1 heterocycles. The molecule has 0 aromatic carbocycles. The van der Waals surface area contributed by atoms with E-state index in [1.54, 1.807) is 0 Å². The number of guanidine groups is 1. The molecule has 0 saturated heterocycles. The van der Waals surface area contributed by atoms with E-state index in [0.29, 0.717) is 30.3 Å². The van der Waals surface area contributed by atoms with Crippen LogP contribution in [0, 0.1) is 0 Å². The molecule has 1 aromatic rings. The molecule has 2 rings (SSSR count). The van der Waals surface area contributed by atoms with Crippen molar-refractivity contribution in [1.29, 1.82) is 0 Å². The largest absolute Gasteiger partial charge is 0.478 e. The number of hydrogen-bond donors (Lipinski definition) is 2. The Hall–Kier alpha value is -1.63. The van der Waals surface area contributed by atoms with Crippen LogP contribution in [0.2, 0.25) is 0 Å². The minimum Gasteiger partial charge on any atom is -0.478 e. The summed E-state index contributed by atoms with van der Waals surface area (Å²) in [6.45, 7) is 8.20. The van der Waals surface area contributed by atoms with E-state index in [9.17, 15) is 4.21 Å². The molecule has 7 heteroatoms. The molecule has 1 aromatic heterocycles. The van der Waals surface area contributed by atoms with Crippen molar-refractivity contribution >= 4 is 16.8 Å². The second-order valence-corrected chi connectivity index (χ2v) is 8.85. The quantitative estimate of drug-likeness (QED) is 0.497. The van der Waals surface area contributed by atoms with Gasteiger partial charge < -0.3 is 15.4 Å². The number of nitrogens with zero attached hydrogens (tertiary/aromatic N) is 2. The van der Waals surface area contributed by atoms with Gasteiger partial charge in [0.05, 0.1) is 13.2 Å². The van der Waals surface area contributed by atoms with E-state index in [1.165, 1.54) is 0 Å². The Morgan fingerprint density at radius 1 is 1.33 bits per heavy atom. The van der Waals surface area contributed by atoms with E-state index >= 15 is 0 Å². The first-order chi connectivity index (χ1) is 13.2. The summed E-state index contributed by atoms with van der Waals surface area (Å²) in [4.78, 5) is 9.03. The molecule has 0 aliphatic heterocycles. The van der Waals surface area contributed by atoms with E-state index < -0.39 is 10.8 Å². The third-order valence-corrected chi connectivity index (χ3v) is 6.38. The first-order valence-corrected chi connectivity index (χ1v) is 11.5. The van der Waals surface area contributed by atoms with Gasteiger partial charge in [-0.15, -0.1) is 0 Å². The second-order valence-electron chi connectivity index (χ2n) is 6.85. The van der Waals surface area contributed by atoms with Gasteiger partial charge in [0.25, 0.3) is 0 Å². The summed E-state index contributed by atoms with van der Waals surface area (Å²) >= 11 is 0. The van der Waals surface area contributed by atoms with Crippen LogP contribution in [0.3, 0.4) is 0 Å². The average Bonchev–Trinajstić information content (AvgIpc) is 2.71. The first-order valence-electron chi connectivity index (χ1n) is 10.2. The van der Waals surface area contributed by atoms with Crippen LogP contribution in [-0.2, 0) is 17.3 Å². The molecular weight excluding hydrogens is 360 g/mol. The minimum absolute atomic E-state index is 0.309. The van der Waals surface area contributed by atoms with Gasteiger partial charge in [-0.3, -0.25) is 4.21 Å². The second kappa shape index (κ2) is 12.0. The van der Waals surface area contributed by atoms with Crippen molar-refractivity contribution in [3.8, 4) is 5.88 Å². The fourth-order valence-corrected chi connectivity index (χ4v) is 4.58. The third kappa shape index (κ3) is 7.48. The van der Waals surface area contributed by atoms with Gasteiger partial charge in [0.15, 0.2) is 5.96 Å². The Balaban J connectivity index is 1.92. The van der Waals surface area contributed by atoms with Crippen molar-refractivity contribution in [2.75, 3.05) is 18.9 Å². The highest BCUT2D eigenvalue weighted by Crippen LogP contribution is 2.23. The highest BCUT2D eigenvalue weighted by Gasteiger charge is 2.26. The van der Waals surface area contributed by atoms with Gasteiger partial charge in [-0.1, -0.05) is 26.3 Å². The number of nitrogens with one attached hydrogen (secondary N) is 2. The molecule has 1 fully saturated rings. The number of rotatable bonds is 9. The summed E-state index contributed by atoms with van der Waals surface area (Å²) in [7, 11) is -0.712. The van der Waals surface area contributed by atoms with Gasteiger partial charge in [0.1, 0.15) is 0 Å². The normalized spacial score (nSPS) is 21.5. The molecular formula is C20H34N4O2S. The van der Waals surface area contributed by atoms with Crippen LogP contribution in [0.1, 0.15) is 58.4 Å². The Morgan fingerprint density at radius 3 is 2.85 bits per heavy atom. The van der Waals surface area contributed by atoms with Crippen LogP contribution in [-0.4, -0.2) is 45.3 Å². The molecule has 2 N–H and O–H groups in total.